The Balaban J connectivity index is 1.31. The molecule has 0 radical (unpaired) electrons. The highest BCUT2D eigenvalue weighted by Crippen LogP contribution is 2.61. The molecule has 3 N–H and O–H groups in total. The maximum absolute atomic E-state index is 5.98. The molecule has 1 aromatic carbocycles. The lowest BCUT2D eigenvalue weighted by Gasteiger charge is -2.52. The summed E-state index contributed by atoms with van der Waals surface area (Å²) < 4.78 is 8.01. The second-order valence-corrected chi connectivity index (χ2v) is 11.2. The van der Waals surface area contributed by atoms with Crippen molar-refractivity contribution >= 4 is 22.8 Å². The topological polar surface area (TPSA) is 81.2 Å². The van der Waals surface area contributed by atoms with Gasteiger partial charge in [0, 0.05) is 37.9 Å². The van der Waals surface area contributed by atoms with E-state index in [-0.39, 0.29) is 0 Å². The van der Waals surface area contributed by atoms with Crippen LogP contribution >= 0.6 is 0 Å². The summed E-state index contributed by atoms with van der Waals surface area (Å²) in [4.78, 5) is 11.5. The van der Waals surface area contributed by atoms with E-state index in [1.807, 2.05) is 6.07 Å². The molecule has 1 saturated carbocycles. The summed E-state index contributed by atoms with van der Waals surface area (Å²) in [6.45, 7) is 12.1. The number of ether oxygens (including phenoxy) is 1. The molecule has 2 aliphatic rings. The second-order valence-electron chi connectivity index (χ2n) is 11.2. The van der Waals surface area contributed by atoms with Crippen LogP contribution in [0.4, 0.5) is 11.8 Å². The normalized spacial score (nSPS) is 18.4. The van der Waals surface area contributed by atoms with Gasteiger partial charge in [0.25, 0.3) is 0 Å². The van der Waals surface area contributed by atoms with Crippen LogP contribution in [-0.2, 0) is 13.1 Å². The molecule has 0 spiro atoms. The second kappa shape index (κ2) is 9.34. The minimum atomic E-state index is 0.299. The van der Waals surface area contributed by atoms with Gasteiger partial charge in [-0.2, -0.15) is 4.98 Å². The molecule has 1 saturated heterocycles. The number of hydrogen-bond donors (Lipinski definition) is 2. The molecule has 2 aromatic heterocycles. The van der Waals surface area contributed by atoms with Gasteiger partial charge in [0.05, 0.1) is 19.2 Å². The maximum atomic E-state index is 5.98. The number of rotatable bonds is 11. The van der Waals surface area contributed by atoms with Gasteiger partial charge in [0.2, 0.25) is 5.95 Å². The number of nitrogens with zero attached hydrogens (tertiary/aromatic N) is 4. The fourth-order valence-corrected chi connectivity index (χ4v) is 5.65. The molecule has 35 heavy (non-hydrogen) atoms. The van der Waals surface area contributed by atoms with E-state index in [1.165, 1.54) is 44.3 Å². The maximum Gasteiger partial charge on any atom is 0.222 e. The smallest absolute Gasteiger partial charge is 0.222 e. The standard InChI is InChI=1S/C28H40N6O/c1-5-6-7-13-30-25-24-22(31-26(29)32-25)10-14-34(24)17-21-9-8-20(15-23(21)35-4)16-33-18-28(3,19-33)27(2)11-12-27/h8-10,14-15H,5-7,11-13,16-19H2,1-4H3,(H3,29,30,31,32). The van der Waals surface area contributed by atoms with E-state index in [4.69, 9.17) is 10.5 Å². The van der Waals surface area contributed by atoms with Crippen molar-refractivity contribution in [2.45, 2.75) is 66.0 Å². The number of nitrogens with two attached hydrogens (primary N) is 1. The Kier molecular flexibility index (Phi) is 6.38. The average Bonchev–Trinajstić information content (AvgIpc) is 3.46. The molecule has 0 atom stereocenters. The highest BCUT2D eigenvalue weighted by molar-refractivity contribution is 5.87. The van der Waals surface area contributed by atoms with Crippen LogP contribution in [0.25, 0.3) is 11.0 Å². The highest BCUT2D eigenvalue weighted by atomic mass is 16.5. The van der Waals surface area contributed by atoms with Crippen LogP contribution in [0.15, 0.2) is 30.5 Å². The molecule has 188 valence electrons. The van der Waals surface area contributed by atoms with E-state index in [2.05, 4.69) is 69.9 Å². The average molecular weight is 477 g/mol. The number of methoxy groups -OCH3 is 1. The Labute approximate surface area is 209 Å². The first-order valence-corrected chi connectivity index (χ1v) is 13.1. The Morgan fingerprint density at radius 3 is 2.57 bits per heavy atom. The van der Waals surface area contributed by atoms with Crippen molar-refractivity contribution in [3.8, 4) is 5.75 Å². The van der Waals surface area contributed by atoms with E-state index >= 15 is 0 Å². The molecule has 3 heterocycles. The molecule has 7 nitrogen and oxygen atoms in total. The quantitative estimate of drug-likeness (QED) is 0.366. The van der Waals surface area contributed by atoms with Gasteiger partial charge in [0.1, 0.15) is 11.3 Å². The predicted octanol–water partition coefficient (Wildman–Crippen LogP) is 5.29. The molecule has 2 fully saturated rings. The molecular formula is C28H40N6O. The summed E-state index contributed by atoms with van der Waals surface area (Å²) in [6.07, 6.45) is 8.32. The molecule has 1 aliphatic carbocycles. The molecule has 0 unspecified atom stereocenters. The van der Waals surface area contributed by atoms with Crippen molar-refractivity contribution in [2.24, 2.45) is 10.8 Å². The van der Waals surface area contributed by atoms with Crippen LogP contribution in [0.5, 0.6) is 5.75 Å². The first-order chi connectivity index (χ1) is 16.8. The van der Waals surface area contributed by atoms with E-state index in [0.29, 0.717) is 23.3 Å². The number of fused-ring (bicyclic) bond motifs is 1. The van der Waals surface area contributed by atoms with E-state index in [0.717, 1.165) is 47.7 Å². The molecule has 0 amide bonds. The lowest BCUT2D eigenvalue weighted by atomic mass is 9.69. The largest absolute Gasteiger partial charge is 0.496 e. The lowest BCUT2D eigenvalue weighted by molar-refractivity contribution is -0.0432. The van der Waals surface area contributed by atoms with Crippen molar-refractivity contribution in [3.05, 3.63) is 41.6 Å². The van der Waals surface area contributed by atoms with Crippen molar-refractivity contribution < 1.29 is 4.74 Å². The van der Waals surface area contributed by atoms with Gasteiger partial charge in [-0.25, -0.2) is 4.98 Å². The van der Waals surface area contributed by atoms with Gasteiger partial charge in [-0.05, 0) is 47.8 Å². The van der Waals surface area contributed by atoms with Crippen LogP contribution in [0.2, 0.25) is 0 Å². The van der Waals surface area contributed by atoms with Gasteiger partial charge in [-0.15, -0.1) is 0 Å². The van der Waals surface area contributed by atoms with Crippen molar-refractivity contribution in [1.29, 1.82) is 0 Å². The summed E-state index contributed by atoms with van der Waals surface area (Å²) >= 11 is 0. The molecule has 3 aromatic rings. The van der Waals surface area contributed by atoms with Gasteiger partial charge in [-0.1, -0.05) is 45.7 Å². The minimum absolute atomic E-state index is 0.299. The zero-order valence-corrected chi connectivity index (χ0v) is 21.7. The zero-order chi connectivity index (χ0) is 24.6. The third-order valence-electron chi connectivity index (χ3n) is 8.40. The summed E-state index contributed by atoms with van der Waals surface area (Å²) in [5.41, 5.74) is 11.3. The third kappa shape index (κ3) is 4.70. The molecule has 1 aliphatic heterocycles. The number of aromatic nitrogens is 3. The summed E-state index contributed by atoms with van der Waals surface area (Å²) in [5.74, 6) is 2.03. The highest BCUT2D eigenvalue weighted by Gasteiger charge is 2.57. The van der Waals surface area contributed by atoms with Crippen LogP contribution in [0.1, 0.15) is 64.0 Å². The van der Waals surface area contributed by atoms with Gasteiger partial charge < -0.3 is 20.4 Å². The van der Waals surface area contributed by atoms with E-state index < -0.39 is 0 Å². The summed E-state index contributed by atoms with van der Waals surface area (Å²) in [6, 6.07) is 8.66. The Morgan fingerprint density at radius 1 is 1.06 bits per heavy atom. The van der Waals surface area contributed by atoms with E-state index in [9.17, 15) is 0 Å². The number of hydrogen-bond acceptors (Lipinski definition) is 6. The number of nitrogen functional groups attached to an aromatic ring is 1. The minimum Gasteiger partial charge on any atom is -0.496 e. The molecule has 5 rings (SSSR count). The van der Waals surface area contributed by atoms with Crippen LogP contribution in [0, 0.1) is 10.8 Å². The van der Waals surface area contributed by atoms with Crippen molar-refractivity contribution in [3.63, 3.8) is 0 Å². The molecule has 0 bridgehead atoms. The first kappa shape index (κ1) is 23.9. The number of unbranched alkanes of at least 4 members (excludes halogenated alkanes) is 2. The lowest BCUT2D eigenvalue weighted by Crippen LogP contribution is -2.57. The summed E-state index contributed by atoms with van der Waals surface area (Å²) in [5, 5.41) is 3.48. The first-order valence-electron chi connectivity index (χ1n) is 13.1. The monoisotopic (exact) mass is 476 g/mol. The zero-order valence-electron chi connectivity index (χ0n) is 21.7. The fraction of sp³-hybridized carbons (Fsp3) is 0.571. The Morgan fingerprint density at radius 2 is 1.86 bits per heavy atom. The third-order valence-corrected chi connectivity index (χ3v) is 8.40. The van der Waals surface area contributed by atoms with E-state index in [1.54, 1.807) is 7.11 Å². The van der Waals surface area contributed by atoms with Crippen molar-refractivity contribution in [1.82, 2.24) is 19.4 Å². The Bertz CT molecular complexity index is 1190. The van der Waals surface area contributed by atoms with Crippen molar-refractivity contribution in [2.75, 3.05) is 37.8 Å². The molecule has 7 heteroatoms. The number of likely N-dealkylation sites (tertiary alicyclic amines) is 1. The number of nitrogens with one attached hydrogen (secondary N) is 1. The van der Waals surface area contributed by atoms with Crippen LogP contribution < -0.4 is 15.8 Å². The molecular weight excluding hydrogens is 436 g/mol. The van der Waals surface area contributed by atoms with Crippen LogP contribution in [0.3, 0.4) is 0 Å². The van der Waals surface area contributed by atoms with Gasteiger partial charge in [-0.3, -0.25) is 4.90 Å². The number of benzene rings is 1. The predicted molar refractivity (Wildman–Crippen MR) is 143 cm³/mol. The van der Waals surface area contributed by atoms with Gasteiger partial charge in [0.15, 0.2) is 5.82 Å². The Hall–Kier alpha value is -2.80. The van der Waals surface area contributed by atoms with Gasteiger partial charge >= 0.3 is 0 Å². The number of anilines is 2. The fourth-order valence-electron chi connectivity index (χ4n) is 5.65. The summed E-state index contributed by atoms with van der Waals surface area (Å²) in [7, 11) is 1.76. The SMILES string of the molecule is CCCCCNc1nc(N)nc2ccn(Cc3ccc(CN4CC(C)(C5(C)CC5)C4)cc3OC)c12. The van der Waals surface area contributed by atoms with Crippen LogP contribution in [-0.4, -0.2) is 46.2 Å².